The van der Waals surface area contributed by atoms with Gasteiger partial charge in [0.15, 0.2) is 0 Å². The fourth-order valence-corrected chi connectivity index (χ4v) is 2.23. The second-order valence-corrected chi connectivity index (χ2v) is 4.51. The van der Waals surface area contributed by atoms with Gasteiger partial charge in [0.05, 0.1) is 17.5 Å². The number of imidazole rings is 1. The van der Waals surface area contributed by atoms with Gasteiger partial charge in [0, 0.05) is 12.5 Å². The molecule has 1 aliphatic rings. The van der Waals surface area contributed by atoms with Gasteiger partial charge in [-0.25, -0.2) is 4.98 Å². The SMILES string of the molecule is O=C(O)CCc1nc2ccccc2n1C1CC1. The van der Waals surface area contributed by atoms with Gasteiger partial charge in [-0.2, -0.15) is 0 Å². The number of carboxylic acids is 1. The molecule has 1 aliphatic carbocycles. The number of aryl methyl sites for hydroxylation is 1. The van der Waals surface area contributed by atoms with Gasteiger partial charge in [-0.3, -0.25) is 4.79 Å². The molecule has 0 amide bonds. The zero-order chi connectivity index (χ0) is 11.8. The molecule has 0 atom stereocenters. The molecule has 17 heavy (non-hydrogen) atoms. The fraction of sp³-hybridized carbons (Fsp3) is 0.385. The van der Waals surface area contributed by atoms with E-state index in [1.54, 1.807) is 0 Å². The predicted molar refractivity (Wildman–Crippen MR) is 64.0 cm³/mol. The van der Waals surface area contributed by atoms with Gasteiger partial charge in [-0.15, -0.1) is 0 Å². The van der Waals surface area contributed by atoms with Crippen molar-refractivity contribution >= 4 is 17.0 Å². The first-order valence-electron chi connectivity index (χ1n) is 5.93. The lowest BCUT2D eigenvalue weighted by Crippen LogP contribution is -2.05. The first kappa shape index (κ1) is 10.3. The molecular formula is C13H14N2O2. The molecule has 0 radical (unpaired) electrons. The Morgan fingerprint density at radius 1 is 1.41 bits per heavy atom. The number of para-hydroxylation sites is 2. The van der Waals surface area contributed by atoms with Gasteiger partial charge in [0.2, 0.25) is 0 Å². The topological polar surface area (TPSA) is 55.1 Å². The number of fused-ring (bicyclic) bond motifs is 1. The van der Waals surface area contributed by atoms with Crippen molar-refractivity contribution in [1.82, 2.24) is 9.55 Å². The number of nitrogens with zero attached hydrogens (tertiary/aromatic N) is 2. The number of carboxylic acid groups (broad SMARTS) is 1. The predicted octanol–water partition coefficient (Wildman–Crippen LogP) is 2.39. The molecule has 1 aromatic carbocycles. The summed E-state index contributed by atoms with van der Waals surface area (Å²) in [6.07, 6.45) is 3.03. The monoisotopic (exact) mass is 230 g/mol. The molecular weight excluding hydrogens is 216 g/mol. The molecule has 3 rings (SSSR count). The summed E-state index contributed by atoms with van der Waals surface area (Å²) in [5.41, 5.74) is 2.11. The Labute approximate surface area is 98.9 Å². The summed E-state index contributed by atoms with van der Waals surface area (Å²) in [4.78, 5) is 15.2. The van der Waals surface area contributed by atoms with Gasteiger partial charge < -0.3 is 9.67 Å². The zero-order valence-electron chi connectivity index (χ0n) is 9.47. The van der Waals surface area contributed by atoms with E-state index < -0.39 is 5.97 Å². The fourth-order valence-electron chi connectivity index (χ4n) is 2.23. The van der Waals surface area contributed by atoms with E-state index in [0.717, 1.165) is 16.9 Å². The maximum Gasteiger partial charge on any atom is 0.303 e. The van der Waals surface area contributed by atoms with E-state index in [0.29, 0.717) is 12.5 Å². The second-order valence-electron chi connectivity index (χ2n) is 4.51. The quantitative estimate of drug-likeness (QED) is 0.877. The normalized spacial score (nSPS) is 15.3. The highest BCUT2D eigenvalue weighted by molar-refractivity contribution is 5.76. The Kier molecular flexibility index (Phi) is 2.35. The lowest BCUT2D eigenvalue weighted by atomic mass is 10.3. The Morgan fingerprint density at radius 3 is 2.88 bits per heavy atom. The number of hydrogen-bond acceptors (Lipinski definition) is 2. The van der Waals surface area contributed by atoms with Gasteiger partial charge in [-0.1, -0.05) is 12.1 Å². The van der Waals surface area contributed by atoms with Crippen LogP contribution in [0.5, 0.6) is 0 Å². The first-order valence-corrected chi connectivity index (χ1v) is 5.93. The van der Waals surface area contributed by atoms with Crippen molar-refractivity contribution in [3.63, 3.8) is 0 Å². The van der Waals surface area contributed by atoms with Crippen LogP contribution in [0.25, 0.3) is 11.0 Å². The zero-order valence-corrected chi connectivity index (χ0v) is 9.47. The van der Waals surface area contributed by atoms with E-state index in [1.165, 1.54) is 12.8 Å². The van der Waals surface area contributed by atoms with Crippen molar-refractivity contribution in [2.24, 2.45) is 0 Å². The summed E-state index contributed by atoms with van der Waals surface area (Å²) >= 11 is 0. The molecule has 1 aromatic heterocycles. The highest BCUT2D eigenvalue weighted by Crippen LogP contribution is 2.38. The molecule has 88 valence electrons. The number of aliphatic carboxylic acids is 1. The summed E-state index contributed by atoms with van der Waals surface area (Å²) in [7, 11) is 0. The van der Waals surface area contributed by atoms with Crippen molar-refractivity contribution in [3.8, 4) is 0 Å². The van der Waals surface area contributed by atoms with Crippen molar-refractivity contribution in [3.05, 3.63) is 30.1 Å². The Morgan fingerprint density at radius 2 is 2.18 bits per heavy atom. The van der Waals surface area contributed by atoms with E-state index in [-0.39, 0.29) is 6.42 Å². The standard InChI is InChI=1S/C13H14N2O2/c16-13(17)8-7-12-14-10-3-1-2-4-11(10)15(12)9-5-6-9/h1-4,9H,5-8H2,(H,16,17). The average Bonchev–Trinajstić information content (AvgIpc) is 3.07. The van der Waals surface area contributed by atoms with Gasteiger partial charge in [-0.05, 0) is 25.0 Å². The maximum atomic E-state index is 10.6. The van der Waals surface area contributed by atoms with Crippen LogP contribution in [0.1, 0.15) is 31.1 Å². The number of rotatable bonds is 4. The van der Waals surface area contributed by atoms with Gasteiger partial charge >= 0.3 is 5.97 Å². The van der Waals surface area contributed by atoms with E-state index >= 15 is 0 Å². The smallest absolute Gasteiger partial charge is 0.303 e. The minimum atomic E-state index is -0.764. The van der Waals surface area contributed by atoms with Crippen LogP contribution in [-0.2, 0) is 11.2 Å². The third-order valence-electron chi connectivity index (χ3n) is 3.14. The molecule has 4 heteroatoms. The van der Waals surface area contributed by atoms with Crippen LogP contribution in [-0.4, -0.2) is 20.6 Å². The van der Waals surface area contributed by atoms with Crippen LogP contribution < -0.4 is 0 Å². The molecule has 2 aromatic rings. The molecule has 0 aliphatic heterocycles. The molecule has 0 spiro atoms. The van der Waals surface area contributed by atoms with E-state index in [9.17, 15) is 4.79 Å². The van der Waals surface area contributed by atoms with E-state index in [1.807, 2.05) is 18.2 Å². The Hall–Kier alpha value is -1.84. The third kappa shape index (κ3) is 1.90. The molecule has 0 saturated heterocycles. The minimum Gasteiger partial charge on any atom is -0.481 e. The highest BCUT2D eigenvalue weighted by atomic mass is 16.4. The molecule has 1 fully saturated rings. The van der Waals surface area contributed by atoms with Crippen LogP contribution in [0, 0.1) is 0 Å². The van der Waals surface area contributed by atoms with Gasteiger partial charge in [0.25, 0.3) is 0 Å². The number of benzene rings is 1. The lowest BCUT2D eigenvalue weighted by molar-refractivity contribution is -0.137. The van der Waals surface area contributed by atoms with E-state index in [2.05, 4.69) is 15.6 Å². The van der Waals surface area contributed by atoms with Crippen LogP contribution in [0.3, 0.4) is 0 Å². The molecule has 0 unspecified atom stereocenters. The second kappa shape index (κ2) is 3.87. The first-order chi connectivity index (χ1) is 8.25. The highest BCUT2D eigenvalue weighted by Gasteiger charge is 2.27. The average molecular weight is 230 g/mol. The van der Waals surface area contributed by atoms with Crippen molar-refractivity contribution < 1.29 is 9.90 Å². The Balaban J connectivity index is 2.03. The van der Waals surface area contributed by atoms with E-state index in [4.69, 9.17) is 5.11 Å². The summed E-state index contributed by atoms with van der Waals surface area (Å²) in [5, 5.41) is 8.76. The summed E-state index contributed by atoms with van der Waals surface area (Å²) in [6, 6.07) is 8.55. The minimum absolute atomic E-state index is 0.149. The van der Waals surface area contributed by atoms with Crippen LogP contribution >= 0.6 is 0 Å². The van der Waals surface area contributed by atoms with Crippen molar-refractivity contribution in [1.29, 1.82) is 0 Å². The van der Waals surface area contributed by atoms with Crippen LogP contribution in [0.2, 0.25) is 0 Å². The molecule has 1 N–H and O–H groups in total. The number of hydrogen-bond donors (Lipinski definition) is 1. The van der Waals surface area contributed by atoms with Crippen LogP contribution in [0.15, 0.2) is 24.3 Å². The number of aromatic nitrogens is 2. The summed E-state index contributed by atoms with van der Waals surface area (Å²) in [6.45, 7) is 0. The third-order valence-corrected chi connectivity index (χ3v) is 3.14. The molecule has 1 heterocycles. The summed E-state index contributed by atoms with van der Waals surface area (Å²) < 4.78 is 2.22. The molecule has 4 nitrogen and oxygen atoms in total. The van der Waals surface area contributed by atoms with Crippen molar-refractivity contribution in [2.45, 2.75) is 31.7 Å². The largest absolute Gasteiger partial charge is 0.481 e. The summed E-state index contributed by atoms with van der Waals surface area (Å²) in [5.74, 6) is 0.149. The van der Waals surface area contributed by atoms with Gasteiger partial charge in [0.1, 0.15) is 5.82 Å². The molecule has 0 bridgehead atoms. The van der Waals surface area contributed by atoms with Crippen molar-refractivity contribution in [2.75, 3.05) is 0 Å². The molecule has 1 saturated carbocycles. The lowest BCUT2D eigenvalue weighted by Gasteiger charge is -2.06. The Bertz CT molecular complexity index is 570. The van der Waals surface area contributed by atoms with Crippen LogP contribution in [0.4, 0.5) is 0 Å². The maximum absolute atomic E-state index is 10.6. The number of carbonyl (C=O) groups is 1.